The van der Waals surface area contributed by atoms with Crippen LogP contribution < -0.4 is 0 Å². The maximum Gasteiger partial charge on any atom is 0.354 e. The van der Waals surface area contributed by atoms with Crippen LogP contribution in [0.3, 0.4) is 0 Å². The Balaban J connectivity index is 3.23. The van der Waals surface area contributed by atoms with Gasteiger partial charge in [0.1, 0.15) is 6.10 Å². The first-order chi connectivity index (χ1) is 7.84. The number of carboxylic acids is 2. The molecule has 1 heterocycles. The largest absolute Gasteiger partial charge is 0.479 e. The number of rotatable bonds is 4. The highest BCUT2D eigenvalue weighted by Gasteiger charge is 2.29. The monoisotopic (exact) mass is 241 g/mol. The fraction of sp³-hybridized carbons (Fsp3) is 0.300. The molecule has 0 aromatic carbocycles. The highest BCUT2D eigenvalue weighted by atomic mass is 16.4. The van der Waals surface area contributed by atoms with E-state index >= 15 is 0 Å². The minimum Gasteiger partial charge on any atom is -0.479 e. The topological polar surface area (TPSA) is 128 Å². The molecular formula is C10H11NO6. The molecule has 1 aromatic rings. The highest BCUT2D eigenvalue weighted by Crippen LogP contribution is 2.21. The number of pyridine rings is 1. The first kappa shape index (κ1) is 13.1. The summed E-state index contributed by atoms with van der Waals surface area (Å²) >= 11 is 0. The lowest BCUT2D eigenvalue weighted by Crippen LogP contribution is -2.29. The molecule has 1 aromatic heterocycles. The van der Waals surface area contributed by atoms with Crippen molar-refractivity contribution in [1.29, 1.82) is 0 Å². The van der Waals surface area contributed by atoms with Crippen molar-refractivity contribution in [1.82, 2.24) is 4.98 Å². The first-order valence-corrected chi connectivity index (χ1v) is 4.63. The number of aromatic carboxylic acids is 1. The molecule has 17 heavy (non-hydrogen) atoms. The summed E-state index contributed by atoms with van der Waals surface area (Å²) in [5, 5.41) is 36.1. The number of aliphatic carboxylic acids is 1. The third-order valence-corrected chi connectivity index (χ3v) is 2.13. The number of hydrogen-bond acceptors (Lipinski definition) is 5. The predicted molar refractivity (Wildman–Crippen MR) is 54.5 cm³/mol. The van der Waals surface area contributed by atoms with E-state index < -0.39 is 29.8 Å². The maximum absolute atomic E-state index is 10.8. The molecule has 92 valence electrons. The second-order valence-corrected chi connectivity index (χ2v) is 3.48. The Bertz CT molecular complexity index is 458. The van der Waals surface area contributed by atoms with Crippen molar-refractivity contribution in [3.8, 4) is 0 Å². The SMILES string of the molecule is Cc1cnc(C(=O)O)c(C(O)C(O)C(=O)O)c1. The number of aliphatic hydroxyl groups excluding tert-OH is 2. The van der Waals surface area contributed by atoms with E-state index in [0.717, 1.165) is 0 Å². The summed E-state index contributed by atoms with van der Waals surface area (Å²) in [6.45, 7) is 1.60. The van der Waals surface area contributed by atoms with E-state index in [1.165, 1.54) is 12.3 Å². The standard InChI is InChI=1S/C10H11NO6/c1-4-2-5(6(9(14)15)11-3-4)7(12)8(13)10(16)17/h2-3,7-8,12-13H,1H3,(H,14,15)(H,16,17). The zero-order valence-electron chi connectivity index (χ0n) is 8.86. The van der Waals surface area contributed by atoms with E-state index in [2.05, 4.69) is 4.98 Å². The Hall–Kier alpha value is -1.99. The Labute approximate surface area is 96.0 Å². The number of aliphatic hydroxyl groups is 2. The van der Waals surface area contributed by atoms with Crippen molar-refractivity contribution >= 4 is 11.9 Å². The van der Waals surface area contributed by atoms with E-state index in [9.17, 15) is 19.8 Å². The number of nitrogens with zero attached hydrogens (tertiary/aromatic N) is 1. The van der Waals surface area contributed by atoms with Gasteiger partial charge in [-0.3, -0.25) is 0 Å². The van der Waals surface area contributed by atoms with Gasteiger partial charge < -0.3 is 20.4 Å². The van der Waals surface area contributed by atoms with Crippen LogP contribution in [-0.4, -0.2) is 43.5 Å². The zero-order chi connectivity index (χ0) is 13.2. The molecule has 0 radical (unpaired) electrons. The Morgan fingerprint density at radius 3 is 2.35 bits per heavy atom. The second-order valence-electron chi connectivity index (χ2n) is 3.48. The van der Waals surface area contributed by atoms with Crippen LogP contribution in [0.4, 0.5) is 0 Å². The van der Waals surface area contributed by atoms with Crippen molar-refractivity contribution in [3.63, 3.8) is 0 Å². The lowest BCUT2D eigenvalue weighted by Gasteiger charge is -2.16. The molecular weight excluding hydrogens is 230 g/mol. The summed E-state index contributed by atoms with van der Waals surface area (Å²) in [4.78, 5) is 24.9. The molecule has 4 N–H and O–H groups in total. The van der Waals surface area contributed by atoms with Gasteiger partial charge in [0.2, 0.25) is 0 Å². The van der Waals surface area contributed by atoms with Gasteiger partial charge in [-0.25, -0.2) is 14.6 Å². The molecule has 0 amide bonds. The quantitative estimate of drug-likeness (QED) is 0.562. The summed E-state index contributed by atoms with van der Waals surface area (Å²) in [5.74, 6) is -3.05. The van der Waals surface area contributed by atoms with E-state index in [1.807, 2.05) is 0 Å². The fourth-order valence-corrected chi connectivity index (χ4v) is 1.30. The molecule has 7 heteroatoms. The van der Waals surface area contributed by atoms with E-state index in [4.69, 9.17) is 10.2 Å². The van der Waals surface area contributed by atoms with Gasteiger partial charge in [-0.15, -0.1) is 0 Å². The van der Waals surface area contributed by atoms with Gasteiger partial charge in [0.25, 0.3) is 0 Å². The molecule has 0 fully saturated rings. The van der Waals surface area contributed by atoms with Gasteiger partial charge in [-0.2, -0.15) is 0 Å². The molecule has 0 bridgehead atoms. The molecule has 2 unspecified atom stereocenters. The number of hydrogen-bond donors (Lipinski definition) is 4. The Morgan fingerprint density at radius 2 is 1.88 bits per heavy atom. The van der Waals surface area contributed by atoms with Gasteiger partial charge in [-0.1, -0.05) is 0 Å². The Kier molecular flexibility index (Phi) is 3.77. The zero-order valence-corrected chi connectivity index (χ0v) is 8.86. The lowest BCUT2D eigenvalue weighted by molar-refractivity contribution is -0.153. The summed E-state index contributed by atoms with van der Waals surface area (Å²) in [6.07, 6.45) is -2.67. The maximum atomic E-state index is 10.8. The van der Waals surface area contributed by atoms with Crippen LogP contribution >= 0.6 is 0 Å². The minimum absolute atomic E-state index is 0.229. The average molecular weight is 241 g/mol. The molecule has 0 saturated carbocycles. The molecule has 0 aliphatic carbocycles. The molecule has 1 rings (SSSR count). The van der Waals surface area contributed by atoms with Crippen LogP contribution in [0.15, 0.2) is 12.3 Å². The van der Waals surface area contributed by atoms with Crippen molar-refractivity contribution in [2.75, 3.05) is 0 Å². The van der Waals surface area contributed by atoms with Gasteiger partial charge in [0.05, 0.1) is 0 Å². The van der Waals surface area contributed by atoms with E-state index in [0.29, 0.717) is 5.56 Å². The predicted octanol–water partition coefficient (Wildman–Crippen LogP) is -0.433. The van der Waals surface area contributed by atoms with E-state index in [1.54, 1.807) is 6.92 Å². The van der Waals surface area contributed by atoms with Gasteiger partial charge in [-0.05, 0) is 18.6 Å². The average Bonchev–Trinajstić information content (AvgIpc) is 2.26. The van der Waals surface area contributed by atoms with Gasteiger partial charge in [0.15, 0.2) is 11.8 Å². The van der Waals surface area contributed by atoms with Crippen LogP contribution in [-0.2, 0) is 4.79 Å². The first-order valence-electron chi connectivity index (χ1n) is 4.63. The minimum atomic E-state index is -2.10. The van der Waals surface area contributed by atoms with Crippen LogP contribution in [0, 0.1) is 6.92 Å². The molecule has 0 spiro atoms. The summed E-state index contributed by atoms with van der Waals surface area (Å²) in [5.41, 5.74) is -0.169. The van der Waals surface area contributed by atoms with Crippen LogP contribution in [0.2, 0.25) is 0 Å². The fourth-order valence-electron chi connectivity index (χ4n) is 1.30. The lowest BCUT2D eigenvalue weighted by atomic mass is 10.0. The van der Waals surface area contributed by atoms with Crippen LogP contribution in [0.25, 0.3) is 0 Å². The Morgan fingerprint density at radius 1 is 1.29 bits per heavy atom. The van der Waals surface area contributed by atoms with Gasteiger partial charge in [0, 0.05) is 11.8 Å². The number of carbonyl (C=O) groups is 2. The number of aromatic nitrogens is 1. The summed E-state index contributed by atoms with van der Waals surface area (Å²) in [7, 11) is 0. The number of carboxylic acid groups (broad SMARTS) is 2. The van der Waals surface area contributed by atoms with E-state index in [-0.39, 0.29) is 5.56 Å². The molecule has 0 aliphatic rings. The molecule has 7 nitrogen and oxygen atoms in total. The second kappa shape index (κ2) is 4.89. The summed E-state index contributed by atoms with van der Waals surface area (Å²) in [6, 6.07) is 1.27. The number of aryl methyl sites for hydroxylation is 1. The van der Waals surface area contributed by atoms with Crippen molar-refractivity contribution < 1.29 is 30.0 Å². The van der Waals surface area contributed by atoms with Gasteiger partial charge >= 0.3 is 11.9 Å². The normalized spacial score (nSPS) is 14.1. The van der Waals surface area contributed by atoms with Crippen molar-refractivity contribution in [3.05, 3.63) is 29.1 Å². The van der Waals surface area contributed by atoms with Crippen LogP contribution in [0.5, 0.6) is 0 Å². The third kappa shape index (κ3) is 2.77. The molecule has 2 atom stereocenters. The van der Waals surface area contributed by atoms with Crippen LogP contribution in [0.1, 0.15) is 27.7 Å². The van der Waals surface area contributed by atoms with Crippen molar-refractivity contribution in [2.45, 2.75) is 19.1 Å². The highest BCUT2D eigenvalue weighted by molar-refractivity contribution is 5.87. The smallest absolute Gasteiger partial charge is 0.354 e. The molecule has 0 aliphatic heterocycles. The van der Waals surface area contributed by atoms with Crippen molar-refractivity contribution in [2.24, 2.45) is 0 Å². The summed E-state index contributed by atoms with van der Waals surface area (Å²) < 4.78 is 0. The third-order valence-electron chi connectivity index (χ3n) is 2.13. The molecule has 0 saturated heterocycles.